The van der Waals surface area contributed by atoms with Crippen molar-refractivity contribution in [2.24, 2.45) is 7.05 Å². The second-order valence-corrected chi connectivity index (χ2v) is 4.41. The normalized spacial score (nSPS) is 10.5. The summed E-state index contributed by atoms with van der Waals surface area (Å²) in [6.45, 7) is 1.36. The molecule has 1 N–H and O–H groups in total. The SMILES string of the molecule is COC(=O)c1ccccc1CNCCc1ncn(C)n1. The lowest BCUT2D eigenvalue weighted by molar-refractivity contribution is 0.0599. The highest BCUT2D eigenvalue weighted by atomic mass is 16.5. The van der Waals surface area contributed by atoms with E-state index in [2.05, 4.69) is 15.4 Å². The van der Waals surface area contributed by atoms with Crippen molar-refractivity contribution in [3.63, 3.8) is 0 Å². The monoisotopic (exact) mass is 274 g/mol. The fourth-order valence-electron chi connectivity index (χ4n) is 1.91. The Morgan fingerprint density at radius 3 is 2.90 bits per heavy atom. The zero-order valence-electron chi connectivity index (χ0n) is 11.7. The van der Waals surface area contributed by atoms with E-state index in [1.807, 2.05) is 25.2 Å². The molecule has 0 saturated carbocycles. The lowest BCUT2D eigenvalue weighted by Crippen LogP contribution is -2.19. The maximum absolute atomic E-state index is 11.6. The van der Waals surface area contributed by atoms with Gasteiger partial charge in [0.05, 0.1) is 12.7 Å². The Kier molecular flexibility index (Phi) is 4.84. The summed E-state index contributed by atoms with van der Waals surface area (Å²) in [6.07, 6.45) is 2.43. The topological polar surface area (TPSA) is 69.0 Å². The van der Waals surface area contributed by atoms with Crippen LogP contribution >= 0.6 is 0 Å². The van der Waals surface area contributed by atoms with Gasteiger partial charge in [-0.25, -0.2) is 9.78 Å². The minimum Gasteiger partial charge on any atom is -0.465 e. The first kappa shape index (κ1) is 14.2. The molecule has 20 heavy (non-hydrogen) atoms. The van der Waals surface area contributed by atoms with Gasteiger partial charge in [0.1, 0.15) is 6.33 Å². The Morgan fingerprint density at radius 2 is 2.20 bits per heavy atom. The zero-order valence-corrected chi connectivity index (χ0v) is 11.7. The van der Waals surface area contributed by atoms with Crippen LogP contribution < -0.4 is 5.32 Å². The standard InChI is InChI=1S/C14H18N4O2/c1-18-10-16-13(17-18)7-8-15-9-11-5-3-4-6-12(11)14(19)20-2/h3-6,10,15H,7-9H2,1-2H3. The molecule has 1 aromatic carbocycles. The third-order valence-electron chi connectivity index (χ3n) is 2.91. The molecule has 1 aromatic heterocycles. The molecule has 6 heteroatoms. The number of ether oxygens (including phenoxy) is 1. The number of methoxy groups -OCH3 is 1. The van der Waals surface area contributed by atoms with Crippen molar-refractivity contribution in [3.05, 3.63) is 47.5 Å². The Hall–Kier alpha value is -2.21. The maximum atomic E-state index is 11.6. The van der Waals surface area contributed by atoms with Crippen molar-refractivity contribution in [1.29, 1.82) is 0 Å². The first-order chi connectivity index (χ1) is 9.70. The average Bonchev–Trinajstić information content (AvgIpc) is 2.89. The number of carbonyl (C=O) groups excluding carboxylic acids is 1. The molecule has 106 valence electrons. The van der Waals surface area contributed by atoms with Crippen molar-refractivity contribution < 1.29 is 9.53 Å². The summed E-state index contributed by atoms with van der Waals surface area (Å²) >= 11 is 0. The molecule has 0 aliphatic rings. The highest BCUT2D eigenvalue weighted by Gasteiger charge is 2.10. The average molecular weight is 274 g/mol. The molecule has 2 rings (SSSR count). The number of nitrogens with zero attached hydrogens (tertiary/aromatic N) is 3. The van der Waals surface area contributed by atoms with E-state index >= 15 is 0 Å². The second kappa shape index (κ2) is 6.81. The third kappa shape index (κ3) is 3.64. The minimum atomic E-state index is -0.311. The van der Waals surface area contributed by atoms with E-state index in [9.17, 15) is 4.79 Å². The van der Waals surface area contributed by atoms with E-state index in [4.69, 9.17) is 4.74 Å². The number of aryl methyl sites for hydroxylation is 1. The van der Waals surface area contributed by atoms with Crippen LogP contribution in [0.15, 0.2) is 30.6 Å². The van der Waals surface area contributed by atoms with Crippen LogP contribution in [0.1, 0.15) is 21.7 Å². The van der Waals surface area contributed by atoms with E-state index in [-0.39, 0.29) is 5.97 Å². The summed E-state index contributed by atoms with van der Waals surface area (Å²) in [5.41, 5.74) is 1.52. The summed E-state index contributed by atoms with van der Waals surface area (Å²) < 4.78 is 6.45. The molecular weight excluding hydrogens is 256 g/mol. The van der Waals surface area contributed by atoms with Crippen LogP contribution in [0.2, 0.25) is 0 Å². The van der Waals surface area contributed by atoms with Crippen molar-refractivity contribution in [3.8, 4) is 0 Å². The van der Waals surface area contributed by atoms with Crippen molar-refractivity contribution in [2.45, 2.75) is 13.0 Å². The lowest BCUT2D eigenvalue weighted by Gasteiger charge is -2.08. The number of carbonyl (C=O) groups is 1. The molecular formula is C14H18N4O2. The largest absolute Gasteiger partial charge is 0.465 e. The van der Waals surface area contributed by atoms with Gasteiger partial charge in [-0.15, -0.1) is 0 Å². The van der Waals surface area contributed by atoms with Crippen molar-refractivity contribution >= 4 is 5.97 Å². The fourth-order valence-corrected chi connectivity index (χ4v) is 1.91. The van der Waals surface area contributed by atoms with Gasteiger partial charge in [0.25, 0.3) is 0 Å². The number of nitrogens with one attached hydrogen (secondary N) is 1. The molecule has 0 spiro atoms. The Balaban J connectivity index is 1.86. The number of aromatic nitrogens is 3. The second-order valence-electron chi connectivity index (χ2n) is 4.41. The van der Waals surface area contributed by atoms with E-state index in [1.165, 1.54) is 7.11 Å². The fraction of sp³-hybridized carbons (Fsp3) is 0.357. The maximum Gasteiger partial charge on any atom is 0.338 e. The van der Waals surface area contributed by atoms with Gasteiger partial charge in [-0.2, -0.15) is 5.10 Å². The first-order valence-corrected chi connectivity index (χ1v) is 6.42. The molecule has 0 saturated heterocycles. The van der Waals surface area contributed by atoms with Gasteiger partial charge in [0, 0.05) is 26.6 Å². The van der Waals surface area contributed by atoms with E-state index in [0.717, 1.165) is 24.4 Å². The molecule has 0 radical (unpaired) electrons. The molecule has 0 fully saturated rings. The molecule has 1 heterocycles. The summed E-state index contributed by atoms with van der Waals surface area (Å²) in [7, 11) is 3.23. The lowest BCUT2D eigenvalue weighted by atomic mass is 10.1. The van der Waals surface area contributed by atoms with Gasteiger partial charge in [-0.1, -0.05) is 18.2 Å². The zero-order chi connectivity index (χ0) is 14.4. The Labute approximate surface area is 117 Å². The van der Waals surface area contributed by atoms with Crippen LogP contribution in [-0.4, -0.2) is 34.4 Å². The molecule has 0 aliphatic heterocycles. The van der Waals surface area contributed by atoms with Crippen molar-refractivity contribution in [1.82, 2.24) is 20.1 Å². The number of hydrogen-bond acceptors (Lipinski definition) is 5. The van der Waals surface area contributed by atoms with Gasteiger partial charge >= 0.3 is 5.97 Å². The summed E-state index contributed by atoms with van der Waals surface area (Å²) in [4.78, 5) is 15.8. The number of rotatable bonds is 6. The van der Waals surface area contributed by atoms with Crippen molar-refractivity contribution in [2.75, 3.05) is 13.7 Å². The minimum absolute atomic E-state index is 0.311. The predicted octanol–water partition coefficient (Wildman–Crippen LogP) is 0.934. The molecule has 6 nitrogen and oxygen atoms in total. The van der Waals surface area contributed by atoms with Gasteiger partial charge in [-0.3, -0.25) is 4.68 Å². The van der Waals surface area contributed by atoms with Crippen LogP contribution in [0.3, 0.4) is 0 Å². The predicted molar refractivity (Wildman–Crippen MR) is 74.2 cm³/mol. The van der Waals surface area contributed by atoms with Gasteiger partial charge in [0.2, 0.25) is 0 Å². The van der Waals surface area contributed by atoms with Gasteiger partial charge < -0.3 is 10.1 Å². The Morgan fingerprint density at radius 1 is 1.40 bits per heavy atom. The highest BCUT2D eigenvalue weighted by Crippen LogP contribution is 2.09. The quantitative estimate of drug-likeness (QED) is 0.627. The molecule has 2 aromatic rings. The molecule has 0 unspecified atom stereocenters. The van der Waals surface area contributed by atoms with E-state index in [0.29, 0.717) is 12.1 Å². The number of esters is 1. The molecule has 0 aliphatic carbocycles. The van der Waals surface area contributed by atoms with Gasteiger partial charge in [0.15, 0.2) is 5.82 Å². The summed E-state index contributed by atoms with van der Waals surface area (Å²) in [6, 6.07) is 7.42. The molecule has 0 bridgehead atoms. The smallest absolute Gasteiger partial charge is 0.338 e. The highest BCUT2D eigenvalue weighted by molar-refractivity contribution is 5.90. The van der Waals surface area contributed by atoms with Crippen LogP contribution in [0, 0.1) is 0 Å². The third-order valence-corrected chi connectivity index (χ3v) is 2.91. The van der Waals surface area contributed by atoms with Crippen LogP contribution in [0.5, 0.6) is 0 Å². The van der Waals surface area contributed by atoms with E-state index < -0.39 is 0 Å². The summed E-state index contributed by atoms with van der Waals surface area (Å²) in [5.74, 6) is 0.495. The Bertz CT molecular complexity index is 580. The molecule has 0 amide bonds. The van der Waals surface area contributed by atoms with Crippen LogP contribution in [-0.2, 0) is 24.8 Å². The number of hydrogen-bond donors (Lipinski definition) is 1. The summed E-state index contributed by atoms with van der Waals surface area (Å²) in [5, 5.41) is 7.49. The van der Waals surface area contributed by atoms with Crippen LogP contribution in [0.4, 0.5) is 0 Å². The first-order valence-electron chi connectivity index (χ1n) is 6.42. The van der Waals surface area contributed by atoms with Crippen LogP contribution in [0.25, 0.3) is 0 Å². The van der Waals surface area contributed by atoms with Gasteiger partial charge in [-0.05, 0) is 11.6 Å². The number of benzene rings is 1. The molecule has 0 atom stereocenters. The van der Waals surface area contributed by atoms with E-state index in [1.54, 1.807) is 17.1 Å².